The fourth-order valence-electron chi connectivity index (χ4n) is 2.73. The Morgan fingerprint density at radius 2 is 1.62 bits per heavy atom. The highest BCUT2D eigenvalue weighted by Gasteiger charge is 2.35. The van der Waals surface area contributed by atoms with Crippen LogP contribution < -0.4 is 10.6 Å². The van der Waals surface area contributed by atoms with Crippen LogP contribution in [0.15, 0.2) is 54.6 Å². The molecule has 1 saturated carbocycles. The maximum atomic E-state index is 12.1. The summed E-state index contributed by atoms with van der Waals surface area (Å²) in [5.74, 6) is -1.47. The summed E-state index contributed by atoms with van der Waals surface area (Å²) in [5.41, 5.74) is 1.53. The lowest BCUT2D eigenvalue weighted by molar-refractivity contribution is -0.137. The maximum Gasteiger partial charge on any atom is 0.313 e. The van der Waals surface area contributed by atoms with Crippen molar-refractivity contribution in [3.63, 3.8) is 0 Å². The van der Waals surface area contributed by atoms with Gasteiger partial charge < -0.3 is 15.7 Å². The molecule has 0 saturated heterocycles. The molecule has 1 fully saturated rings. The molecule has 3 rings (SSSR count). The number of para-hydroxylation sites is 1. The van der Waals surface area contributed by atoms with Gasteiger partial charge in [-0.05, 0) is 30.9 Å². The maximum absolute atomic E-state index is 12.1. The van der Waals surface area contributed by atoms with Crippen LogP contribution in [0.1, 0.15) is 19.3 Å². The van der Waals surface area contributed by atoms with Gasteiger partial charge in [-0.25, -0.2) is 0 Å². The third kappa shape index (κ3) is 3.63. The molecule has 2 aromatic carbocycles. The number of anilines is 1. The van der Waals surface area contributed by atoms with Crippen LogP contribution in [-0.4, -0.2) is 29.1 Å². The molecular weight excluding hydrogens is 304 g/mol. The number of benzene rings is 2. The molecule has 2 amide bonds. The molecule has 0 heterocycles. The standard InChI is InChI=1S/C19H20N2O3/c22-17(20-13-19(24)11-6-12-19)18(23)21-16-10-5-4-9-15(16)14-7-2-1-3-8-14/h1-5,7-10,24H,6,11-13H2,(H,20,22)(H,21,23). The molecule has 1 aliphatic carbocycles. The van der Waals surface area contributed by atoms with Crippen LogP contribution in [0.5, 0.6) is 0 Å². The van der Waals surface area contributed by atoms with Crippen LogP contribution in [-0.2, 0) is 9.59 Å². The van der Waals surface area contributed by atoms with Crippen molar-refractivity contribution in [2.45, 2.75) is 24.9 Å². The van der Waals surface area contributed by atoms with Crippen LogP contribution in [0.2, 0.25) is 0 Å². The summed E-state index contributed by atoms with van der Waals surface area (Å²) in [5, 5.41) is 15.1. The van der Waals surface area contributed by atoms with E-state index in [9.17, 15) is 14.7 Å². The van der Waals surface area contributed by atoms with Gasteiger partial charge in [-0.15, -0.1) is 0 Å². The molecule has 2 aromatic rings. The Bertz CT molecular complexity index is 739. The summed E-state index contributed by atoms with van der Waals surface area (Å²) in [6.07, 6.45) is 2.26. The number of nitrogens with one attached hydrogen (secondary N) is 2. The highest BCUT2D eigenvalue weighted by molar-refractivity contribution is 6.40. The van der Waals surface area contributed by atoms with Gasteiger partial charge in [0.1, 0.15) is 0 Å². The van der Waals surface area contributed by atoms with Crippen molar-refractivity contribution in [3.8, 4) is 11.1 Å². The molecule has 5 nitrogen and oxygen atoms in total. The van der Waals surface area contributed by atoms with Gasteiger partial charge in [0.25, 0.3) is 0 Å². The van der Waals surface area contributed by atoms with Crippen LogP contribution in [0.3, 0.4) is 0 Å². The highest BCUT2D eigenvalue weighted by Crippen LogP contribution is 2.30. The Labute approximate surface area is 140 Å². The van der Waals surface area contributed by atoms with E-state index in [1.807, 2.05) is 42.5 Å². The Balaban J connectivity index is 1.67. The summed E-state index contributed by atoms with van der Waals surface area (Å²) < 4.78 is 0. The third-order valence-electron chi connectivity index (χ3n) is 4.33. The van der Waals surface area contributed by atoms with Gasteiger partial charge in [0.2, 0.25) is 0 Å². The zero-order chi connectivity index (χ0) is 17.0. The highest BCUT2D eigenvalue weighted by atomic mass is 16.3. The van der Waals surface area contributed by atoms with E-state index in [2.05, 4.69) is 10.6 Å². The first-order valence-corrected chi connectivity index (χ1v) is 8.03. The molecule has 124 valence electrons. The lowest BCUT2D eigenvalue weighted by Gasteiger charge is -2.36. The summed E-state index contributed by atoms with van der Waals surface area (Å²) in [6, 6.07) is 17.0. The predicted molar refractivity (Wildman–Crippen MR) is 92.3 cm³/mol. The van der Waals surface area contributed by atoms with Gasteiger partial charge in [0, 0.05) is 17.8 Å². The van der Waals surface area contributed by atoms with Gasteiger partial charge in [-0.2, -0.15) is 0 Å². The van der Waals surface area contributed by atoms with Gasteiger partial charge in [0.15, 0.2) is 0 Å². The molecular formula is C19H20N2O3. The van der Waals surface area contributed by atoms with Crippen LogP contribution >= 0.6 is 0 Å². The molecule has 1 aliphatic rings. The number of rotatable bonds is 4. The van der Waals surface area contributed by atoms with E-state index in [0.717, 1.165) is 17.5 Å². The molecule has 3 N–H and O–H groups in total. The molecule has 0 radical (unpaired) electrons. The van der Waals surface area contributed by atoms with E-state index in [1.54, 1.807) is 12.1 Å². The molecule has 5 heteroatoms. The van der Waals surface area contributed by atoms with E-state index in [4.69, 9.17) is 0 Å². The van der Waals surface area contributed by atoms with E-state index in [0.29, 0.717) is 18.5 Å². The second-order valence-corrected chi connectivity index (χ2v) is 6.13. The predicted octanol–water partition coefficient (Wildman–Crippen LogP) is 2.32. The summed E-state index contributed by atoms with van der Waals surface area (Å²) in [4.78, 5) is 24.1. The average molecular weight is 324 g/mol. The normalized spacial score (nSPS) is 15.2. The monoisotopic (exact) mass is 324 g/mol. The topological polar surface area (TPSA) is 78.4 Å². The third-order valence-corrected chi connectivity index (χ3v) is 4.33. The Morgan fingerprint density at radius 1 is 0.958 bits per heavy atom. The molecule has 0 spiro atoms. The molecule has 0 aromatic heterocycles. The zero-order valence-electron chi connectivity index (χ0n) is 13.3. The fourth-order valence-corrected chi connectivity index (χ4v) is 2.73. The first-order valence-electron chi connectivity index (χ1n) is 8.03. The molecule has 0 unspecified atom stereocenters. The lowest BCUT2D eigenvalue weighted by Crippen LogP contribution is -2.49. The summed E-state index contributed by atoms with van der Waals surface area (Å²) in [7, 11) is 0. The molecule has 24 heavy (non-hydrogen) atoms. The number of hydrogen-bond acceptors (Lipinski definition) is 3. The van der Waals surface area contributed by atoms with Crippen molar-refractivity contribution in [2.75, 3.05) is 11.9 Å². The second kappa shape index (κ2) is 6.84. The number of carbonyl (C=O) groups excluding carboxylic acids is 2. The van der Waals surface area contributed by atoms with Gasteiger partial charge >= 0.3 is 11.8 Å². The summed E-state index contributed by atoms with van der Waals surface area (Å²) >= 11 is 0. The van der Waals surface area contributed by atoms with E-state index in [1.165, 1.54) is 0 Å². The van der Waals surface area contributed by atoms with Gasteiger partial charge in [-0.1, -0.05) is 48.5 Å². The first kappa shape index (κ1) is 16.2. The molecule has 0 atom stereocenters. The van der Waals surface area contributed by atoms with Crippen molar-refractivity contribution in [2.24, 2.45) is 0 Å². The zero-order valence-corrected chi connectivity index (χ0v) is 13.3. The minimum absolute atomic E-state index is 0.111. The average Bonchev–Trinajstić information content (AvgIpc) is 2.59. The SMILES string of the molecule is O=C(NCC1(O)CCC1)C(=O)Nc1ccccc1-c1ccccc1. The number of amides is 2. The fraction of sp³-hybridized carbons (Fsp3) is 0.263. The quantitative estimate of drug-likeness (QED) is 0.755. The number of hydrogen-bond donors (Lipinski definition) is 3. The van der Waals surface area contributed by atoms with Gasteiger partial charge in [-0.3, -0.25) is 9.59 Å². The van der Waals surface area contributed by atoms with Crippen LogP contribution in [0, 0.1) is 0 Å². The Morgan fingerprint density at radius 3 is 2.29 bits per heavy atom. The van der Waals surface area contributed by atoms with Crippen molar-refractivity contribution in [1.29, 1.82) is 0 Å². The van der Waals surface area contributed by atoms with Gasteiger partial charge in [0.05, 0.1) is 5.60 Å². The largest absolute Gasteiger partial charge is 0.388 e. The smallest absolute Gasteiger partial charge is 0.313 e. The van der Waals surface area contributed by atoms with Crippen LogP contribution in [0.4, 0.5) is 5.69 Å². The number of aliphatic hydroxyl groups is 1. The van der Waals surface area contributed by atoms with Crippen molar-refractivity contribution in [3.05, 3.63) is 54.6 Å². The van der Waals surface area contributed by atoms with Crippen molar-refractivity contribution < 1.29 is 14.7 Å². The minimum atomic E-state index is -0.849. The summed E-state index contributed by atoms with van der Waals surface area (Å²) in [6.45, 7) is 0.111. The first-order chi connectivity index (χ1) is 11.6. The molecule has 0 aliphatic heterocycles. The molecule has 0 bridgehead atoms. The van der Waals surface area contributed by atoms with Crippen molar-refractivity contribution >= 4 is 17.5 Å². The minimum Gasteiger partial charge on any atom is -0.388 e. The Hall–Kier alpha value is -2.66. The van der Waals surface area contributed by atoms with E-state index >= 15 is 0 Å². The van der Waals surface area contributed by atoms with Crippen molar-refractivity contribution in [1.82, 2.24) is 5.32 Å². The number of carbonyl (C=O) groups is 2. The van der Waals surface area contributed by atoms with E-state index < -0.39 is 17.4 Å². The lowest BCUT2D eigenvalue weighted by atomic mass is 9.80. The second-order valence-electron chi connectivity index (χ2n) is 6.13. The van der Waals surface area contributed by atoms with Crippen LogP contribution in [0.25, 0.3) is 11.1 Å². The Kier molecular flexibility index (Phi) is 4.62. The van der Waals surface area contributed by atoms with E-state index in [-0.39, 0.29) is 6.54 Å².